The molecule has 0 saturated carbocycles. The average molecular weight is 341 g/mol. The lowest BCUT2D eigenvalue weighted by Crippen LogP contribution is -2.49. The van der Waals surface area contributed by atoms with E-state index >= 15 is 0 Å². The molecule has 0 N–H and O–H groups in total. The number of aryl methyl sites for hydroxylation is 1. The van der Waals surface area contributed by atoms with Crippen LogP contribution in [-0.4, -0.2) is 59.2 Å². The average Bonchev–Trinajstić information content (AvgIpc) is 2.64. The molecular weight excluding hydrogens is 321 g/mol. The number of halogens is 1. The van der Waals surface area contributed by atoms with Crippen molar-refractivity contribution in [3.8, 4) is 0 Å². The molecule has 1 aliphatic rings. The number of hydrogen-bond acceptors (Lipinski definition) is 4. The van der Waals surface area contributed by atoms with Gasteiger partial charge in [0.05, 0.1) is 12.1 Å². The van der Waals surface area contributed by atoms with Crippen LogP contribution in [-0.2, 0) is 0 Å². The Hall–Kier alpha value is -2.60. The molecular formula is C19H20FN3O2. The first-order chi connectivity index (χ1) is 12.0. The fourth-order valence-electron chi connectivity index (χ4n) is 2.89. The first-order valence-electron chi connectivity index (χ1n) is 8.25. The van der Waals surface area contributed by atoms with E-state index in [4.69, 9.17) is 0 Å². The second kappa shape index (κ2) is 7.53. The summed E-state index contributed by atoms with van der Waals surface area (Å²) >= 11 is 0. The largest absolute Gasteiger partial charge is 0.336 e. The number of nitrogens with zero attached hydrogens (tertiary/aromatic N) is 3. The molecule has 3 rings (SSSR count). The van der Waals surface area contributed by atoms with E-state index in [0.717, 1.165) is 0 Å². The van der Waals surface area contributed by atoms with Gasteiger partial charge < -0.3 is 4.90 Å². The second-order valence-corrected chi connectivity index (χ2v) is 6.20. The highest BCUT2D eigenvalue weighted by molar-refractivity contribution is 5.98. The van der Waals surface area contributed by atoms with E-state index in [0.29, 0.717) is 42.9 Å². The first-order valence-corrected chi connectivity index (χ1v) is 8.25. The molecule has 1 aliphatic heterocycles. The molecule has 0 aliphatic carbocycles. The maximum atomic E-state index is 13.3. The summed E-state index contributed by atoms with van der Waals surface area (Å²) < 4.78 is 13.3. The lowest BCUT2D eigenvalue weighted by atomic mass is 10.1. The molecule has 0 spiro atoms. The quantitative estimate of drug-likeness (QED) is 0.800. The van der Waals surface area contributed by atoms with Crippen LogP contribution in [0, 0.1) is 12.7 Å². The number of piperazine rings is 1. The lowest BCUT2D eigenvalue weighted by Gasteiger charge is -2.34. The molecule has 1 saturated heterocycles. The molecule has 1 aromatic heterocycles. The van der Waals surface area contributed by atoms with Crippen LogP contribution in [0.5, 0.6) is 0 Å². The van der Waals surface area contributed by atoms with Gasteiger partial charge in [-0.25, -0.2) is 4.39 Å². The molecule has 0 bridgehead atoms. The van der Waals surface area contributed by atoms with Gasteiger partial charge in [-0.05, 0) is 42.8 Å². The van der Waals surface area contributed by atoms with Crippen LogP contribution in [0.15, 0.2) is 42.7 Å². The standard InChI is InChI=1S/C19H20FN3O2/c1-14-11-15(4-5-17(14)20)18(24)13-22-7-9-23(10-8-22)19(25)16-3-2-6-21-12-16/h2-6,11-12H,7-10,13H2,1H3. The van der Waals surface area contributed by atoms with Crippen molar-refractivity contribution >= 4 is 11.7 Å². The van der Waals surface area contributed by atoms with Gasteiger partial charge in [-0.15, -0.1) is 0 Å². The number of Topliss-reactive ketones (excluding diaryl/α,β-unsaturated/α-hetero) is 1. The minimum atomic E-state index is -0.306. The third-order valence-electron chi connectivity index (χ3n) is 4.42. The van der Waals surface area contributed by atoms with E-state index in [1.54, 1.807) is 42.4 Å². The van der Waals surface area contributed by atoms with Crippen molar-refractivity contribution in [3.05, 3.63) is 65.2 Å². The van der Waals surface area contributed by atoms with Crippen molar-refractivity contribution in [3.63, 3.8) is 0 Å². The highest BCUT2D eigenvalue weighted by atomic mass is 19.1. The number of carbonyl (C=O) groups is 2. The van der Waals surface area contributed by atoms with Gasteiger partial charge in [-0.3, -0.25) is 19.5 Å². The molecule has 0 radical (unpaired) electrons. The van der Waals surface area contributed by atoms with E-state index in [-0.39, 0.29) is 24.1 Å². The molecule has 25 heavy (non-hydrogen) atoms. The first kappa shape index (κ1) is 17.2. The Kier molecular flexibility index (Phi) is 5.19. The summed E-state index contributed by atoms with van der Waals surface area (Å²) in [6.07, 6.45) is 3.20. The highest BCUT2D eigenvalue weighted by Crippen LogP contribution is 2.12. The fraction of sp³-hybridized carbons (Fsp3) is 0.316. The number of aromatic nitrogens is 1. The zero-order valence-corrected chi connectivity index (χ0v) is 14.1. The van der Waals surface area contributed by atoms with Crippen LogP contribution in [0.1, 0.15) is 26.3 Å². The van der Waals surface area contributed by atoms with Gasteiger partial charge in [0, 0.05) is 44.1 Å². The fourth-order valence-corrected chi connectivity index (χ4v) is 2.89. The van der Waals surface area contributed by atoms with Crippen molar-refractivity contribution in [1.29, 1.82) is 0 Å². The monoisotopic (exact) mass is 341 g/mol. The second-order valence-electron chi connectivity index (χ2n) is 6.20. The number of benzene rings is 1. The number of pyridine rings is 1. The molecule has 0 atom stereocenters. The van der Waals surface area contributed by atoms with Crippen LogP contribution >= 0.6 is 0 Å². The van der Waals surface area contributed by atoms with Crippen LogP contribution in [0.4, 0.5) is 4.39 Å². The Morgan fingerprint density at radius 3 is 2.52 bits per heavy atom. The summed E-state index contributed by atoms with van der Waals surface area (Å²) in [4.78, 5) is 32.5. The number of rotatable bonds is 4. The molecule has 2 heterocycles. The molecule has 1 aromatic carbocycles. The highest BCUT2D eigenvalue weighted by Gasteiger charge is 2.23. The molecule has 1 fully saturated rings. The summed E-state index contributed by atoms with van der Waals surface area (Å²) in [5.74, 6) is -0.373. The van der Waals surface area contributed by atoms with Gasteiger partial charge in [0.25, 0.3) is 5.91 Å². The van der Waals surface area contributed by atoms with Gasteiger partial charge in [0.2, 0.25) is 0 Å². The van der Waals surface area contributed by atoms with Gasteiger partial charge in [-0.2, -0.15) is 0 Å². The molecule has 0 unspecified atom stereocenters. The molecule has 1 amide bonds. The van der Waals surface area contributed by atoms with Crippen LogP contribution < -0.4 is 0 Å². The number of amides is 1. The Balaban J connectivity index is 1.54. The zero-order chi connectivity index (χ0) is 17.8. The Morgan fingerprint density at radius 1 is 1.12 bits per heavy atom. The van der Waals surface area contributed by atoms with Gasteiger partial charge in [0.15, 0.2) is 5.78 Å². The summed E-state index contributed by atoms with van der Waals surface area (Å²) in [6.45, 7) is 4.34. The maximum absolute atomic E-state index is 13.3. The number of carbonyl (C=O) groups excluding carboxylic acids is 2. The summed E-state index contributed by atoms with van der Waals surface area (Å²) in [5.41, 5.74) is 1.57. The minimum absolute atomic E-state index is 0.0323. The van der Waals surface area contributed by atoms with E-state index in [1.165, 1.54) is 12.1 Å². The Labute approximate surface area is 146 Å². The zero-order valence-electron chi connectivity index (χ0n) is 14.1. The van der Waals surface area contributed by atoms with E-state index in [1.807, 2.05) is 4.90 Å². The normalized spacial score (nSPS) is 15.2. The predicted octanol–water partition coefficient (Wildman–Crippen LogP) is 2.17. The molecule has 6 heteroatoms. The summed E-state index contributed by atoms with van der Waals surface area (Å²) in [6, 6.07) is 7.93. The molecule has 130 valence electrons. The Morgan fingerprint density at radius 2 is 1.88 bits per heavy atom. The summed E-state index contributed by atoms with van der Waals surface area (Å²) in [5, 5.41) is 0. The minimum Gasteiger partial charge on any atom is -0.336 e. The van der Waals surface area contributed by atoms with Crippen molar-refractivity contribution in [1.82, 2.24) is 14.8 Å². The third-order valence-corrected chi connectivity index (χ3v) is 4.42. The van der Waals surface area contributed by atoms with E-state index in [2.05, 4.69) is 4.98 Å². The van der Waals surface area contributed by atoms with Crippen molar-refractivity contribution in [2.45, 2.75) is 6.92 Å². The van der Waals surface area contributed by atoms with Crippen LogP contribution in [0.3, 0.4) is 0 Å². The van der Waals surface area contributed by atoms with E-state index in [9.17, 15) is 14.0 Å². The molecule has 5 nitrogen and oxygen atoms in total. The number of ketones is 1. The van der Waals surface area contributed by atoms with Crippen molar-refractivity contribution in [2.75, 3.05) is 32.7 Å². The van der Waals surface area contributed by atoms with Gasteiger partial charge >= 0.3 is 0 Å². The smallest absolute Gasteiger partial charge is 0.255 e. The third kappa shape index (κ3) is 4.09. The van der Waals surface area contributed by atoms with Crippen molar-refractivity contribution < 1.29 is 14.0 Å². The van der Waals surface area contributed by atoms with Gasteiger partial charge in [0.1, 0.15) is 5.82 Å². The number of hydrogen-bond donors (Lipinski definition) is 0. The lowest BCUT2D eigenvalue weighted by molar-refractivity contribution is 0.0624. The summed E-state index contributed by atoms with van der Waals surface area (Å²) in [7, 11) is 0. The predicted molar refractivity (Wildman–Crippen MR) is 92.0 cm³/mol. The van der Waals surface area contributed by atoms with E-state index < -0.39 is 0 Å². The van der Waals surface area contributed by atoms with Crippen molar-refractivity contribution in [2.24, 2.45) is 0 Å². The molecule has 2 aromatic rings. The van der Waals surface area contributed by atoms with Gasteiger partial charge in [-0.1, -0.05) is 0 Å². The van der Waals surface area contributed by atoms with Crippen LogP contribution in [0.25, 0.3) is 0 Å². The maximum Gasteiger partial charge on any atom is 0.255 e. The SMILES string of the molecule is Cc1cc(C(=O)CN2CCN(C(=O)c3cccnc3)CC2)ccc1F. The van der Waals surface area contributed by atoms with Crippen LogP contribution in [0.2, 0.25) is 0 Å². The topological polar surface area (TPSA) is 53.5 Å². The Bertz CT molecular complexity index is 771.